The highest BCUT2D eigenvalue weighted by atomic mass is 35.5. The van der Waals surface area contributed by atoms with E-state index in [0.717, 1.165) is 43.2 Å². The molecule has 2 saturated heterocycles. The van der Waals surface area contributed by atoms with Gasteiger partial charge in [0.25, 0.3) is 0 Å². The molecule has 3 aliphatic rings. The Labute approximate surface area is 161 Å². The molecule has 142 valence electrons. The molecule has 2 aliphatic heterocycles. The van der Waals surface area contributed by atoms with E-state index in [9.17, 15) is 4.79 Å². The van der Waals surface area contributed by atoms with E-state index in [-0.39, 0.29) is 11.8 Å². The van der Waals surface area contributed by atoms with Crippen LogP contribution in [0.25, 0.3) is 0 Å². The first kappa shape index (κ1) is 18.3. The minimum absolute atomic E-state index is 0.151. The average molecular weight is 377 g/mol. The summed E-state index contributed by atoms with van der Waals surface area (Å²) in [5, 5.41) is 3.71. The van der Waals surface area contributed by atoms with Crippen molar-refractivity contribution in [1.82, 2.24) is 4.90 Å². The van der Waals surface area contributed by atoms with E-state index in [1.807, 2.05) is 25.1 Å². The topological polar surface area (TPSA) is 41.6 Å². The normalized spacial score (nSPS) is 23.5. The Morgan fingerprint density at radius 2 is 2.00 bits per heavy atom. The van der Waals surface area contributed by atoms with Crippen molar-refractivity contribution >= 4 is 23.2 Å². The van der Waals surface area contributed by atoms with Crippen molar-refractivity contribution in [3.63, 3.8) is 0 Å². The summed E-state index contributed by atoms with van der Waals surface area (Å²) in [6.07, 6.45) is 5.82. The van der Waals surface area contributed by atoms with Crippen LogP contribution in [-0.2, 0) is 9.53 Å². The molecule has 1 saturated carbocycles. The summed E-state index contributed by atoms with van der Waals surface area (Å²) in [4.78, 5) is 15.1. The fourth-order valence-electron chi connectivity index (χ4n) is 4.94. The van der Waals surface area contributed by atoms with Crippen LogP contribution < -0.4 is 5.32 Å². The van der Waals surface area contributed by atoms with Gasteiger partial charge in [0.1, 0.15) is 0 Å². The molecule has 1 amide bonds. The Morgan fingerprint density at radius 3 is 2.69 bits per heavy atom. The number of carbonyl (C=O) groups is 1. The molecule has 4 rings (SSSR count). The molecular weight excluding hydrogens is 348 g/mol. The average Bonchev–Trinajstić information content (AvgIpc) is 2.51. The van der Waals surface area contributed by atoms with Crippen molar-refractivity contribution in [2.75, 3.05) is 38.2 Å². The maximum Gasteiger partial charge on any atom is 0.227 e. The molecule has 1 aromatic rings. The van der Waals surface area contributed by atoms with Gasteiger partial charge in [-0.1, -0.05) is 11.6 Å². The van der Waals surface area contributed by atoms with Gasteiger partial charge < -0.3 is 15.0 Å². The van der Waals surface area contributed by atoms with E-state index in [0.29, 0.717) is 10.4 Å². The van der Waals surface area contributed by atoms with Crippen LogP contribution in [0, 0.1) is 24.2 Å². The van der Waals surface area contributed by atoms with Gasteiger partial charge in [0.2, 0.25) is 5.91 Å². The van der Waals surface area contributed by atoms with E-state index in [1.54, 1.807) is 0 Å². The van der Waals surface area contributed by atoms with E-state index in [2.05, 4.69) is 10.2 Å². The molecule has 2 heterocycles. The van der Waals surface area contributed by atoms with Gasteiger partial charge in [0.05, 0.1) is 0 Å². The molecular formula is C21H29ClN2O2. The summed E-state index contributed by atoms with van der Waals surface area (Å²) in [5.74, 6) is 1.16. The number of halogens is 1. The number of amides is 1. The molecule has 26 heavy (non-hydrogen) atoms. The van der Waals surface area contributed by atoms with Crippen LogP contribution in [0.3, 0.4) is 0 Å². The Bertz CT molecular complexity index is 638. The van der Waals surface area contributed by atoms with Crippen LogP contribution in [0.15, 0.2) is 18.2 Å². The molecule has 0 aromatic heterocycles. The lowest BCUT2D eigenvalue weighted by Crippen LogP contribution is -2.63. The summed E-state index contributed by atoms with van der Waals surface area (Å²) in [6, 6.07) is 5.70. The van der Waals surface area contributed by atoms with Crippen molar-refractivity contribution in [3.8, 4) is 0 Å². The zero-order valence-corrected chi connectivity index (χ0v) is 16.4. The lowest BCUT2D eigenvalue weighted by Gasteiger charge is -2.59. The molecule has 0 atom stereocenters. The number of aryl methyl sites for hydroxylation is 1. The van der Waals surface area contributed by atoms with Gasteiger partial charge >= 0.3 is 0 Å². The number of nitrogens with zero attached hydrogens (tertiary/aromatic N) is 1. The van der Waals surface area contributed by atoms with Gasteiger partial charge in [0.15, 0.2) is 0 Å². The van der Waals surface area contributed by atoms with Gasteiger partial charge in [-0.2, -0.15) is 0 Å². The number of carbonyl (C=O) groups excluding carboxylic acids is 1. The zero-order valence-electron chi connectivity index (χ0n) is 15.6. The Morgan fingerprint density at radius 1 is 1.27 bits per heavy atom. The Kier molecular flexibility index (Phi) is 5.27. The number of nitrogens with one attached hydrogen (secondary N) is 1. The summed E-state index contributed by atoms with van der Waals surface area (Å²) in [6.45, 7) is 7.44. The van der Waals surface area contributed by atoms with Crippen LogP contribution in [0.5, 0.6) is 0 Å². The highest BCUT2D eigenvalue weighted by molar-refractivity contribution is 6.31. The number of hydrogen-bond donors (Lipinski definition) is 1. The van der Waals surface area contributed by atoms with Gasteiger partial charge in [-0.25, -0.2) is 0 Å². The van der Waals surface area contributed by atoms with Gasteiger partial charge in [-0.3, -0.25) is 4.79 Å². The van der Waals surface area contributed by atoms with Crippen molar-refractivity contribution in [3.05, 3.63) is 28.8 Å². The van der Waals surface area contributed by atoms with Crippen LogP contribution in [0.2, 0.25) is 5.02 Å². The Balaban J connectivity index is 1.18. The smallest absolute Gasteiger partial charge is 0.227 e. The molecule has 1 aliphatic carbocycles. The highest BCUT2D eigenvalue weighted by Gasteiger charge is 2.53. The molecule has 1 aromatic carbocycles. The van der Waals surface area contributed by atoms with E-state index >= 15 is 0 Å². The molecule has 0 unspecified atom stereocenters. The maximum atomic E-state index is 12.5. The lowest BCUT2D eigenvalue weighted by atomic mass is 9.57. The molecule has 1 N–H and O–H groups in total. The van der Waals surface area contributed by atoms with Crippen molar-refractivity contribution < 1.29 is 9.53 Å². The first-order chi connectivity index (χ1) is 12.5. The van der Waals surface area contributed by atoms with E-state index in [1.165, 1.54) is 38.9 Å². The standard InChI is InChI=1S/C21H29ClN2O2/c1-15-8-18(22)10-19(9-15)23-20(25)17-11-21(12-17)13-24(14-21)5-2-16-3-6-26-7-4-16/h8-10,16-17H,2-7,11-14H2,1H3,(H,23,25). The summed E-state index contributed by atoms with van der Waals surface area (Å²) >= 11 is 6.08. The van der Waals surface area contributed by atoms with E-state index < -0.39 is 0 Å². The molecule has 4 nitrogen and oxygen atoms in total. The number of anilines is 1. The number of ether oxygens (including phenoxy) is 1. The van der Waals surface area contributed by atoms with Gasteiger partial charge in [-0.15, -0.1) is 0 Å². The van der Waals surface area contributed by atoms with Crippen molar-refractivity contribution in [1.29, 1.82) is 0 Å². The summed E-state index contributed by atoms with van der Waals surface area (Å²) in [5.41, 5.74) is 2.30. The number of hydrogen-bond acceptors (Lipinski definition) is 3. The minimum atomic E-state index is 0.151. The third-order valence-corrected chi connectivity index (χ3v) is 6.57. The second-order valence-corrected chi connectivity index (χ2v) is 9.10. The summed E-state index contributed by atoms with van der Waals surface area (Å²) < 4.78 is 5.44. The van der Waals surface area contributed by atoms with Crippen LogP contribution in [-0.4, -0.2) is 43.7 Å². The Hall–Kier alpha value is -1.10. The molecule has 5 heteroatoms. The van der Waals surface area contributed by atoms with Crippen molar-refractivity contribution in [2.24, 2.45) is 17.3 Å². The molecule has 0 radical (unpaired) electrons. The van der Waals surface area contributed by atoms with Crippen LogP contribution in [0.1, 0.15) is 37.7 Å². The van der Waals surface area contributed by atoms with E-state index in [4.69, 9.17) is 16.3 Å². The number of rotatable bonds is 5. The highest BCUT2D eigenvalue weighted by Crippen LogP contribution is 2.52. The molecule has 0 bridgehead atoms. The first-order valence-corrected chi connectivity index (χ1v) is 10.3. The fourth-order valence-corrected chi connectivity index (χ4v) is 5.23. The van der Waals surface area contributed by atoms with Gasteiger partial charge in [0, 0.05) is 42.9 Å². The minimum Gasteiger partial charge on any atom is -0.381 e. The fraction of sp³-hybridized carbons (Fsp3) is 0.667. The van der Waals surface area contributed by atoms with Gasteiger partial charge in [-0.05, 0) is 80.7 Å². The third-order valence-electron chi connectivity index (χ3n) is 6.35. The second kappa shape index (κ2) is 7.49. The monoisotopic (exact) mass is 376 g/mol. The first-order valence-electron chi connectivity index (χ1n) is 9.90. The van der Waals surface area contributed by atoms with Crippen LogP contribution >= 0.6 is 11.6 Å². The predicted octanol–water partition coefficient (Wildman–Crippen LogP) is 4.12. The maximum absolute atomic E-state index is 12.5. The molecule has 3 fully saturated rings. The predicted molar refractivity (Wildman–Crippen MR) is 105 cm³/mol. The van der Waals surface area contributed by atoms with Crippen molar-refractivity contribution in [2.45, 2.75) is 39.0 Å². The largest absolute Gasteiger partial charge is 0.381 e. The van der Waals surface area contributed by atoms with Crippen LogP contribution in [0.4, 0.5) is 5.69 Å². The second-order valence-electron chi connectivity index (χ2n) is 8.67. The SMILES string of the molecule is Cc1cc(Cl)cc(NC(=O)C2CC3(C2)CN(CCC2CCOCC2)C3)c1. The number of benzene rings is 1. The zero-order chi connectivity index (χ0) is 18.1. The molecule has 1 spiro atoms. The number of likely N-dealkylation sites (tertiary alicyclic amines) is 1. The lowest BCUT2D eigenvalue weighted by molar-refractivity contribution is -0.139. The third kappa shape index (κ3) is 4.08. The quantitative estimate of drug-likeness (QED) is 0.840. The summed E-state index contributed by atoms with van der Waals surface area (Å²) in [7, 11) is 0.